The van der Waals surface area contributed by atoms with Crippen molar-refractivity contribution in [1.29, 1.82) is 0 Å². The highest BCUT2D eigenvalue weighted by Gasteiger charge is 2.22. The summed E-state index contributed by atoms with van der Waals surface area (Å²) in [7, 11) is 1.37. The average molecular weight is 343 g/mol. The second-order valence-corrected chi connectivity index (χ2v) is 5.04. The number of hydrogen-bond acceptors (Lipinski definition) is 3. The van der Waals surface area contributed by atoms with Crippen molar-refractivity contribution < 1.29 is 13.5 Å². The summed E-state index contributed by atoms with van der Waals surface area (Å²) in [5.74, 6) is 4.50. The van der Waals surface area contributed by atoms with Crippen LogP contribution in [0.5, 0.6) is 5.75 Å². The van der Waals surface area contributed by atoms with Crippen LogP contribution in [0.3, 0.4) is 0 Å². The van der Waals surface area contributed by atoms with Gasteiger partial charge in [-0.25, -0.2) is 14.2 Å². The fourth-order valence-corrected chi connectivity index (χ4v) is 2.32. The Morgan fingerprint density at radius 2 is 1.95 bits per heavy atom. The van der Waals surface area contributed by atoms with Crippen LogP contribution in [-0.2, 0) is 0 Å². The SMILES string of the molecule is COc1cccc(C(NN)c2ccc(Br)cc2F)c1F. The molecule has 0 spiro atoms. The number of nitrogens with one attached hydrogen (secondary N) is 1. The van der Waals surface area contributed by atoms with E-state index < -0.39 is 17.7 Å². The molecule has 2 rings (SSSR count). The van der Waals surface area contributed by atoms with Gasteiger partial charge in [0.2, 0.25) is 0 Å². The molecular formula is C14H13BrF2N2O. The van der Waals surface area contributed by atoms with Crippen LogP contribution in [0.2, 0.25) is 0 Å². The number of hydrazine groups is 1. The van der Waals surface area contributed by atoms with E-state index >= 15 is 0 Å². The Kier molecular flexibility index (Phi) is 4.69. The van der Waals surface area contributed by atoms with Gasteiger partial charge in [-0.3, -0.25) is 5.84 Å². The van der Waals surface area contributed by atoms with Gasteiger partial charge in [0.1, 0.15) is 5.82 Å². The molecule has 106 valence electrons. The minimum atomic E-state index is -0.807. The van der Waals surface area contributed by atoms with Crippen LogP contribution >= 0.6 is 15.9 Å². The third-order valence-electron chi connectivity index (χ3n) is 2.96. The van der Waals surface area contributed by atoms with Gasteiger partial charge in [0.15, 0.2) is 11.6 Å². The van der Waals surface area contributed by atoms with Crippen molar-refractivity contribution in [2.45, 2.75) is 6.04 Å². The van der Waals surface area contributed by atoms with Gasteiger partial charge in [-0.05, 0) is 18.2 Å². The topological polar surface area (TPSA) is 47.3 Å². The van der Waals surface area contributed by atoms with E-state index in [0.29, 0.717) is 4.47 Å². The fourth-order valence-electron chi connectivity index (χ4n) is 1.99. The number of ether oxygens (including phenoxy) is 1. The van der Waals surface area contributed by atoms with Gasteiger partial charge in [0, 0.05) is 15.6 Å². The van der Waals surface area contributed by atoms with E-state index in [1.807, 2.05) is 0 Å². The first-order valence-corrected chi connectivity index (χ1v) is 6.61. The van der Waals surface area contributed by atoms with E-state index in [-0.39, 0.29) is 16.9 Å². The molecule has 2 aromatic carbocycles. The van der Waals surface area contributed by atoms with Crippen molar-refractivity contribution in [3.63, 3.8) is 0 Å². The summed E-state index contributed by atoms with van der Waals surface area (Å²) >= 11 is 3.18. The van der Waals surface area contributed by atoms with Crippen molar-refractivity contribution in [3.8, 4) is 5.75 Å². The lowest BCUT2D eigenvalue weighted by molar-refractivity contribution is 0.381. The molecule has 0 bridgehead atoms. The first-order valence-electron chi connectivity index (χ1n) is 5.82. The Labute approximate surface area is 123 Å². The van der Waals surface area contributed by atoms with Gasteiger partial charge in [-0.1, -0.05) is 34.1 Å². The summed E-state index contributed by atoms with van der Waals surface area (Å²) in [6.45, 7) is 0. The molecule has 2 aromatic rings. The van der Waals surface area contributed by atoms with Crippen molar-refractivity contribution in [2.24, 2.45) is 5.84 Å². The molecule has 0 aliphatic carbocycles. The second-order valence-electron chi connectivity index (χ2n) is 4.13. The molecule has 0 radical (unpaired) electrons. The maximum Gasteiger partial charge on any atom is 0.170 e. The van der Waals surface area contributed by atoms with E-state index in [4.69, 9.17) is 10.6 Å². The van der Waals surface area contributed by atoms with E-state index in [9.17, 15) is 8.78 Å². The third-order valence-corrected chi connectivity index (χ3v) is 3.46. The zero-order valence-corrected chi connectivity index (χ0v) is 12.2. The number of benzene rings is 2. The molecule has 1 atom stereocenters. The molecule has 0 aliphatic rings. The predicted molar refractivity (Wildman–Crippen MR) is 76.2 cm³/mol. The van der Waals surface area contributed by atoms with Crippen LogP contribution in [-0.4, -0.2) is 7.11 Å². The average Bonchev–Trinajstić information content (AvgIpc) is 2.43. The molecule has 0 saturated heterocycles. The fraction of sp³-hybridized carbons (Fsp3) is 0.143. The Bertz CT molecular complexity index is 622. The molecule has 0 fully saturated rings. The molecule has 6 heteroatoms. The van der Waals surface area contributed by atoms with Gasteiger partial charge < -0.3 is 4.74 Å². The molecule has 0 saturated carbocycles. The Balaban J connectivity index is 2.52. The Hall–Kier alpha value is -1.50. The molecule has 0 heterocycles. The van der Waals surface area contributed by atoms with Crippen LogP contribution in [0.1, 0.15) is 17.2 Å². The summed E-state index contributed by atoms with van der Waals surface area (Å²) in [6.07, 6.45) is 0. The van der Waals surface area contributed by atoms with E-state index in [2.05, 4.69) is 21.4 Å². The Morgan fingerprint density at radius 1 is 1.20 bits per heavy atom. The number of rotatable bonds is 4. The van der Waals surface area contributed by atoms with Gasteiger partial charge in [-0.2, -0.15) is 0 Å². The highest BCUT2D eigenvalue weighted by atomic mass is 79.9. The summed E-state index contributed by atoms with van der Waals surface area (Å²) in [6, 6.07) is 8.35. The molecular weight excluding hydrogens is 330 g/mol. The summed E-state index contributed by atoms with van der Waals surface area (Å²) < 4.78 is 33.8. The standard InChI is InChI=1S/C14H13BrF2N2O/c1-20-12-4-2-3-10(13(12)17)14(19-18)9-6-5-8(15)7-11(9)16/h2-7,14,19H,18H2,1H3. The van der Waals surface area contributed by atoms with E-state index in [1.165, 1.54) is 25.3 Å². The minimum absolute atomic E-state index is 0.0836. The molecule has 3 nitrogen and oxygen atoms in total. The minimum Gasteiger partial charge on any atom is -0.494 e. The maximum absolute atomic E-state index is 14.3. The van der Waals surface area contributed by atoms with Crippen LogP contribution in [0.15, 0.2) is 40.9 Å². The molecule has 0 amide bonds. The summed E-state index contributed by atoms with van der Waals surface area (Å²) in [4.78, 5) is 0. The van der Waals surface area contributed by atoms with Crippen molar-refractivity contribution in [1.82, 2.24) is 5.43 Å². The quantitative estimate of drug-likeness (QED) is 0.662. The van der Waals surface area contributed by atoms with Crippen molar-refractivity contribution in [2.75, 3.05) is 7.11 Å². The summed E-state index contributed by atoms with van der Waals surface area (Å²) in [5.41, 5.74) is 2.90. The molecule has 0 aliphatic heterocycles. The zero-order valence-electron chi connectivity index (χ0n) is 10.7. The van der Waals surface area contributed by atoms with Crippen LogP contribution in [0, 0.1) is 11.6 Å². The number of methoxy groups -OCH3 is 1. The van der Waals surface area contributed by atoms with Gasteiger partial charge >= 0.3 is 0 Å². The number of nitrogens with two attached hydrogens (primary N) is 1. The number of hydrogen-bond donors (Lipinski definition) is 2. The second kappa shape index (κ2) is 6.30. The van der Waals surface area contributed by atoms with Crippen LogP contribution in [0.25, 0.3) is 0 Å². The van der Waals surface area contributed by atoms with Gasteiger partial charge in [0.25, 0.3) is 0 Å². The number of halogens is 3. The first-order chi connectivity index (χ1) is 9.58. The predicted octanol–water partition coefficient (Wildman–Crippen LogP) is 3.29. The van der Waals surface area contributed by atoms with Crippen molar-refractivity contribution in [3.05, 3.63) is 63.6 Å². The normalized spacial score (nSPS) is 12.2. The maximum atomic E-state index is 14.3. The van der Waals surface area contributed by atoms with Crippen LogP contribution in [0.4, 0.5) is 8.78 Å². The summed E-state index contributed by atoms with van der Waals surface area (Å²) in [5, 5.41) is 0. The smallest absolute Gasteiger partial charge is 0.170 e. The molecule has 20 heavy (non-hydrogen) atoms. The van der Waals surface area contributed by atoms with Crippen molar-refractivity contribution >= 4 is 15.9 Å². The lowest BCUT2D eigenvalue weighted by atomic mass is 9.98. The lowest BCUT2D eigenvalue weighted by Gasteiger charge is -2.19. The highest BCUT2D eigenvalue weighted by Crippen LogP contribution is 2.31. The first kappa shape index (κ1) is 14.9. The Morgan fingerprint density at radius 3 is 2.55 bits per heavy atom. The van der Waals surface area contributed by atoms with Gasteiger partial charge in [0.05, 0.1) is 13.2 Å². The monoisotopic (exact) mass is 342 g/mol. The zero-order chi connectivity index (χ0) is 14.7. The molecule has 1 unspecified atom stereocenters. The molecule has 0 aromatic heterocycles. The van der Waals surface area contributed by atoms with E-state index in [1.54, 1.807) is 18.2 Å². The van der Waals surface area contributed by atoms with Crippen LogP contribution < -0.4 is 16.0 Å². The van der Waals surface area contributed by atoms with E-state index in [0.717, 1.165) is 0 Å². The highest BCUT2D eigenvalue weighted by molar-refractivity contribution is 9.10. The largest absolute Gasteiger partial charge is 0.494 e. The third kappa shape index (κ3) is 2.82. The lowest BCUT2D eigenvalue weighted by Crippen LogP contribution is -2.30. The van der Waals surface area contributed by atoms with Gasteiger partial charge in [-0.15, -0.1) is 0 Å². The molecule has 3 N–H and O–H groups in total.